The fourth-order valence-corrected chi connectivity index (χ4v) is 1.72. The molecule has 0 saturated heterocycles. The van der Waals surface area contributed by atoms with Gasteiger partial charge in [-0.15, -0.1) is 0 Å². The quantitative estimate of drug-likeness (QED) is 0.533. The average molecular weight is 189 g/mol. The molecule has 0 aromatic heterocycles. The minimum Gasteiger partial charge on any atom is -0.241 e. The predicted octanol–water partition coefficient (Wildman–Crippen LogP) is 3.28. The van der Waals surface area contributed by atoms with E-state index in [0.29, 0.717) is 0 Å². The summed E-state index contributed by atoms with van der Waals surface area (Å²) < 4.78 is 0. The molecule has 0 atom stereocenters. The highest BCUT2D eigenvalue weighted by Gasteiger charge is 2.11. The second kappa shape index (κ2) is 3.06. The molecule has 0 N–H and O–H groups in total. The molecule has 0 unspecified atom stereocenters. The molecule has 2 heteroatoms. The van der Waals surface area contributed by atoms with Crippen LogP contribution in [0.5, 0.6) is 0 Å². The van der Waals surface area contributed by atoms with Gasteiger partial charge in [0.05, 0.1) is 10.5 Å². The third-order valence-corrected chi connectivity index (χ3v) is 2.66. The highest BCUT2D eigenvalue weighted by molar-refractivity contribution is 8.15. The van der Waals surface area contributed by atoms with Gasteiger partial charge in [0.1, 0.15) is 5.70 Å². The van der Waals surface area contributed by atoms with E-state index in [9.17, 15) is 0 Å². The molecule has 0 fully saturated rings. The van der Waals surface area contributed by atoms with E-state index in [-0.39, 0.29) is 5.41 Å². The summed E-state index contributed by atoms with van der Waals surface area (Å²) in [5, 5.41) is 0. The molecular weight excluding hydrogens is 178 g/mol. The van der Waals surface area contributed by atoms with Crippen molar-refractivity contribution in [3.05, 3.63) is 40.6 Å². The molecule has 0 radical (unpaired) electrons. The highest BCUT2D eigenvalue weighted by Crippen LogP contribution is 2.27. The fourth-order valence-electron chi connectivity index (χ4n) is 1.13. The number of thioether (sulfide) groups is 1. The third kappa shape index (κ3) is 2.03. The van der Waals surface area contributed by atoms with Crippen LogP contribution in [0.3, 0.4) is 0 Å². The summed E-state index contributed by atoms with van der Waals surface area (Å²) in [5.41, 5.74) is 6.11. The Kier molecular flexibility index (Phi) is 2.03. The molecule has 0 aromatic rings. The highest BCUT2D eigenvalue weighted by atomic mass is 32.2. The van der Waals surface area contributed by atoms with Gasteiger partial charge >= 0.3 is 0 Å². The molecule has 2 aliphatic rings. The molecule has 13 heavy (non-hydrogen) atoms. The lowest BCUT2D eigenvalue weighted by Crippen LogP contribution is -2.03. The summed E-state index contributed by atoms with van der Waals surface area (Å²) in [4.78, 5) is 5.36. The van der Waals surface area contributed by atoms with Crippen LogP contribution < -0.4 is 0 Å². The molecule has 2 bridgehead atoms. The minimum absolute atomic E-state index is 0.117. The molecule has 1 nitrogen and oxygen atoms in total. The van der Waals surface area contributed by atoms with Gasteiger partial charge in [-0.3, -0.25) is 0 Å². The van der Waals surface area contributed by atoms with E-state index in [1.807, 2.05) is 11.6 Å². The van der Waals surface area contributed by atoms with Crippen molar-refractivity contribution in [1.82, 2.24) is 0 Å². The zero-order chi connectivity index (χ0) is 9.31. The van der Waals surface area contributed by atoms with Crippen molar-refractivity contribution < 1.29 is 0 Å². The number of allylic oxidation sites excluding steroid dienone is 3. The van der Waals surface area contributed by atoms with E-state index in [1.54, 1.807) is 11.8 Å². The van der Waals surface area contributed by atoms with Crippen LogP contribution in [0.1, 0.15) is 13.8 Å². The van der Waals surface area contributed by atoms with Gasteiger partial charge in [-0.2, -0.15) is 0 Å². The number of rotatable bonds is 0. The van der Waals surface area contributed by atoms with E-state index in [2.05, 4.69) is 42.8 Å². The second-order valence-electron chi connectivity index (χ2n) is 3.71. The Labute approximate surface area is 82.6 Å². The molecule has 1 aliphatic heterocycles. The number of aliphatic imine (C=N–C) groups is 1. The Morgan fingerprint density at radius 3 is 2.92 bits per heavy atom. The average Bonchev–Trinajstić information content (AvgIpc) is 2.12. The summed E-state index contributed by atoms with van der Waals surface area (Å²) in [7, 11) is 0. The predicted molar refractivity (Wildman–Crippen MR) is 58.7 cm³/mol. The Morgan fingerprint density at radius 2 is 2.08 bits per heavy atom. The van der Waals surface area contributed by atoms with Gasteiger partial charge in [0.15, 0.2) is 0 Å². The van der Waals surface area contributed by atoms with Crippen LogP contribution in [0.2, 0.25) is 0 Å². The zero-order valence-electron chi connectivity index (χ0n) is 7.74. The van der Waals surface area contributed by atoms with Gasteiger partial charge in [-0.1, -0.05) is 43.5 Å². The van der Waals surface area contributed by atoms with Gasteiger partial charge in [0, 0.05) is 5.41 Å². The summed E-state index contributed by atoms with van der Waals surface area (Å²) in [5.74, 6) is 0. The molecule has 66 valence electrons. The lowest BCUT2D eigenvalue weighted by Gasteiger charge is -2.16. The van der Waals surface area contributed by atoms with E-state index < -0.39 is 0 Å². The van der Waals surface area contributed by atoms with Crippen LogP contribution in [-0.2, 0) is 0 Å². The van der Waals surface area contributed by atoms with Crippen LogP contribution in [0.15, 0.2) is 45.6 Å². The molecule has 0 aromatic carbocycles. The molecule has 2 rings (SSSR count). The Balaban J connectivity index is 2.48. The maximum Gasteiger partial charge on any atom is 0.106 e. The smallest absolute Gasteiger partial charge is 0.106 e. The molecule has 0 spiro atoms. The van der Waals surface area contributed by atoms with E-state index in [4.69, 9.17) is 0 Å². The topological polar surface area (TPSA) is 12.4 Å². The van der Waals surface area contributed by atoms with Gasteiger partial charge in [0.2, 0.25) is 0 Å². The van der Waals surface area contributed by atoms with Gasteiger partial charge < -0.3 is 0 Å². The van der Waals surface area contributed by atoms with Crippen molar-refractivity contribution in [3.8, 4) is 0 Å². The normalized spacial score (nSPS) is 28.2. The van der Waals surface area contributed by atoms with E-state index in [1.165, 1.54) is 0 Å². The Bertz CT molecular complexity index is 377. The lowest BCUT2D eigenvalue weighted by atomic mass is 9.91. The van der Waals surface area contributed by atoms with Crippen LogP contribution in [0.4, 0.5) is 0 Å². The first kappa shape index (κ1) is 8.61. The van der Waals surface area contributed by atoms with E-state index in [0.717, 1.165) is 10.6 Å². The number of hydrogen-bond donors (Lipinski definition) is 0. The maximum absolute atomic E-state index is 4.22. The third-order valence-electron chi connectivity index (χ3n) is 1.96. The van der Waals surface area contributed by atoms with Crippen LogP contribution in [0.25, 0.3) is 0 Å². The SMILES string of the molecule is CC1(C)/C=C\C2=C=C(/C=C\1)SC=N2. The lowest BCUT2D eigenvalue weighted by molar-refractivity contribution is 0.625. The first-order valence-corrected chi connectivity index (χ1v) is 5.12. The standard InChI is InChI=1S/C11H11NS/c1-11(2)5-3-9-7-10(4-6-11)13-8-12-9/h3-6,8H,1-2H3/b5-3-,6-4-. The van der Waals surface area contributed by atoms with Gasteiger partial charge in [0.25, 0.3) is 0 Å². The summed E-state index contributed by atoms with van der Waals surface area (Å²) in [6, 6.07) is 0. The van der Waals surface area contributed by atoms with Crippen molar-refractivity contribution in [1.29, 1.82) is 0 Å². The van der Waals surface area contributed by atoms with Crippen molar-refractivity contribution in [2.45, 2.75) is 13.8 Å². The Morgan fingerprint density at radius 1 is 1.31 bits per heavy atom. The molecule has 1 aliphatic carbocycles. The van der Waals surface area contributed by atoms with Crippen LogP contribution in [0, 0.1) is 5.41 Å². The van der Waals surface area contributed by atoms with Crippen LogP contribution in [-0.4, -0.2) is 5.55 Å². The van der Waals surface area contributed by atoms with Crippen molar-refractivity contribution in [2.24, 2.45) is 10.4 Å². The van der Waals surface area contributed by atoms with Crippen molar-refractivity contribution in [2.75, 3.05) is 0 Å². The number of nitrogens with zero attached hydrogens (tertiary/aromatic N) is 1. The first-order valence-electron chi connectivity index (χ1n) is 4.24. The van der Waals surface area contributed by atoms with Crippen LogP contribution >= 0.6 is 11.8 Å². The minimum atomic E-state index is 0.117. The number of hydrogen-bond acceptors (Lipinski definition) is 2. The van der Waals surface area contributed by atoms with E-state index >= 15 is 0 Å². The molecule has 0 saturated carbocycles. The second-order valence-corrected chi connectivity index (χ2v) is 4.60. The van der Waals surface area contributed by atoms with Gasteiger partial charge in [-0.05, 0) is 12.2 Å². The Hall–Kier alpha value is -0.980. The monoisotopic (exact) mass is 189 g/mol. The largest absolute Gasteiger partial charge is 0.241 e. The summed E-state index contributed by atoms with van der Waals surface area (Å²) >= 11 is 1.61. The maximum atomic E-state index is 4.22. The summed E-state index contributed by atoms with van der Waals surface area (Å²) in [6.07, 6.45) is 8.48. The van der Waals surface area contributed by atoms with Crippen molar-refractivity contribution in [3.63, 3.8) is 0 Å². The molecular formula is C11H11NS. The molecule has 0 amide bonds. The van der Waals surface area contributed by atoms with Gasteiger partial charge in [-0.25, -0.2) is 4.99 Å². The van der Waals surface area contributed by atoms with Crippen molar-refractivity contribution >= 4 is 17.3 Å². The first-order chi connectivity index (χ1) is 6.16. The zero-order valence-corrected chi connectivity index (χ0v) is 8.56. The fraction of sp³-hybridized carbons (Fsp3) is 0.273. The summed E-state index contributed by atoms with van der Waals surface area (Å²) in [6.45, 7) is 4.35. The molecule has 1 heterocycles.